The summed E-state index contributed by atoms with van der Waals surface area (Å²) in [7, 11) is 0. The number of rotatable bonds is 2. The Bertz CT molecular complexity index is 381. The van der Waals surface area contributed by atoms with Crippen LogP contribution in [-0.4, -0.2) is 18.5 Å². The summed E-state index contributed by atoms with van der Waals surface area (Å²) in [4.78, 5) is 11.7. The first-order valence-electron chi connectivity index (χ1n) is 5.55. The average Bonchev–Trinajstić information content (AvgIpc) is 2.45. The van der Waals surface area contributed by atoms with E-state index in [0.717, 1.165) is 31.5 Å². The predicted octanol–water partition coefficient (Wildman–Crippen LogP) is 2.37. The Morgan fingerprint density at radius 3 is 3.06 bits per heavy atom. The van der Waals surface area contributed by atoms with E-state index in [0.29, 0.717) is 0 Å². The van der Waals surface area contributed by atoms with E-state index in [1.165, 1.54) is 3.57 Å². The molecule has 1 aliphatic heterocycles. The molecule has 1 heterocycles. The number of hydrogen-bond donors (Lipinski definition) is 2. The van der Waals surface area contributed by atoms with Crippen molar-refractivity contribution in [3.63, 3.8) is 0 Å². The summed E-state index contributed by atoms with van der Waals surface area (Å²) in [6.07, 6.45) is 3.09. The molecule has 1 aromatic carbocycles. The molecule has 16 heavy (non-hydrogen) atoms. The van der Waals surface area contributed by atoms with Crippen molar-refractivity contribution in [2.24, 2.45) is 0 Å². The Balaban J connectivity index is 2.05. The maximum absolute atomic E-state index is 11.7. The Labute approximate surface area is 109 Å². The van der Waals surface area contributed by atoms with E-state index >= 15 is 0 Å². The van der Waals surface area contributed by atoms with Crippen LogP contribution in [0.25, 0.3) is 0 Å². The third kappa shape index (κ3) is 3.10. The third-order valence-electron chi connectivity index (χ3n) is 2.70. The van der Waals surface area contributed by atoms with Gasteiger partial charge in [0.15, 0.2) is 0 Å². The van der Waals surface area contributed by atoms with E-state index in [1.807, 2.05) is 18.2 Å². The molecule has 2 rings (SSSR count). The lowest BCUT2D eigenvalue weighted by molar-refractivity contribution is -0.121. The number of halogens is 1. The van der Waals surface area contributed by atoms with Gasteiger partial charge in [-0.3, -0.25) is 4.79 Å². The number of anilines is 1. The van der Waals surface area contributed by atoms with Crippen LogP contribution in [0.4, 0.5) is 5.69 Å². The van der Waals surface area contributed by atoms with Gasteiger partial charge in [0.2, 0.25) is 5.91 Å². The molecular formula is C12H15IN2O. The maximum Gasteiger partial charge on any atom is 0.242 e. The van der Waals surface area contributed by atoms with Crippen LogP contribution in [0.15, 0.2) is 24.3 Å². The van der Waals surface area contributed by atoms with E-state index in [4.69, 9.17) is 0 Å². The van der Waals surface area contributed by atoms with Gasteiger partial charge in [-0.25, -0.2) is 0 Å². The normalized spacial score (nSPS) is 21.1. The van der Waals surface area contributed by atoms with Crippen LogP contribution < -0.4 is 10.6 Å². The molecule has 0 aliphatic carbocycles. The fourth-order valence-corrected chi connectivity index (χ4v) is 2.40. The van der Waals surface area contributed by atoms with Crippen molar-refractivity contribution >= 4 is 34.2 Å². The first kappa shape index (κ1) is 11.7. The second-order valence-corrected chi connectivity index (χ2v) is 5.24. The lowest BCUT2D eigenvalue weighted by Crippen LogP contribution is -2.37. The zero-order valence-corrected chi connectivity index (χ0v) is 11.2. The molecule has 1 saturated heterocycles. The van der Waals surface area contributed by atoms with Gasteiger partial charge in [-0.15, -0.1) is 0 Å². The van der Waals surface area contributed by atoms with Gasteiger partial charge in [-0.05, 0) is 60.1 Å². The Morgan fingerprint density at radius 1 is 1.38 bits per heavy atom. The van der Waals surface area contributed by atoms with E-state index in [1.54, 1.807) is 0 Å². The SMILES string of the molecule is O=C1NCCCCC1Nc1cccc(I)c1. The van der Waals surface area contributed by atoms with Crippen molar-refractivity contribution in [2.45, 2.75) is 25.3 Å². The zero-order valence-electron chi connectivity index (χ0n) is 9.00. The summed E-state index contributed by atoms with van der Waals surface area (Å²) < 4.78 is 1.18. The van der Waals surface area contributed by atoms with Crippen LogP contribution in [0.5, 0.6) is 0 Å². The number of carbonyl (C=O) groups is 1. The van der Waals surface area contributed by atoms with E-state index in [9.17, 15) is 4.79 Å². The molecule has 3 nitrogen and oxygen atoms in total. The minimum Gasteiger partial charge on any atom is -0.374 e. The van der Waals surface area contributed by atoms with E-state index < -0.39 is 0 Å². The fraction of sp³-hybridized carbons (Fsp3) is 0.417. The number of benzene rings is 1. The Hall–Kier alpha value is -0.780. The standard InChI is InChI=1S/C12H15IN2O/c13-9-4-3-5-10(8-9)15-11-6-1-2-7-14-12(11)16/h3-5,8,11,15H,1-2,6-7H2,(H,14,16). The minimum atomic E-state index is -0.0827. The van der Waals surface area contributed by atoms with Crippen molar-refractivity contribution in [1.82, 2.24) is 5.32 Å². The lowest BCUT2D eigenvalue weighted by Gasteiger charge is -2.16. The van der Waals surface area contributed by atoms with Crippen molar-refractivity contribution in [1.29, 1.82) is 0 Å². The molecule has 4 heteroatoms. The predicted molar refractivity (Wildman–Crippen MR) is 73.4 cm³/mol. The molecule has 1 aromatic rings. The largest absolute Gasteiger partial charge is 0.374 e. The second kappa shape index (κ2) is 5.52. The van der Waals surface area contributed by atoms with Gasteiger partial charge in [-0.2, -0.15) is 0 Å². The van der Waals surface area contributed by atoms with Gasteiger partial charge in [-0.1, -0.05) is 6.07 Å². The highest BCUT2D eigenvalue weighted by Gasteiger charge is 2.19. The van der Waals surface area contributed by atoms with Crippen LogP contribution in [0.2, 0.25) is 0 Å². The smallest absolute Gasteiger partial charge is 0.242 e. The van der Waals surface area contributed by atoms with Crippen LogP contribution in [0, 0.1) is 3.57 Å². The monoisotopic (exact) mass is 330 g/mol. The number of amides is 1. The van der Waals surface area contributed by atoms with Crippen molar-refractivity contribution in [3.05, 3.63) is 27.8 Å². The molecule has 86 valence electrons. The molecule has 1 unspecified atom stereocenters. The molecule has 0 spiro atoms. The summed E-state index contributed by atoms with van der Waals surface area (Å²) in [5, 5.41) is 6.22. The van der Waals surface area contributed by atoms with Gasteiger partial charge in [0.25, 0.3) is 0 Å². The van der Waals surface area contributed by atoms with E-state index in [-0.39, 0.29) is 11.9 Å². The van der Waals surface area contributed by atoms with E-state index in [2.05, 4.69) is 39.3 Å². The van der Waals surface area contributed by atoms with Gasteiger partial charge >= 0.3 is 0 Å². The number of nitrogens with one attached hydrogen (secondary N) is 2. The van der Waals surface area contributed by atoms with Crippen LogP contribution >= 0.6 is 22.6 Å². The summed E-state index contributed by atoms with van der Waals surface area (Å²) >= 11 is 2.27. The minimum absolute atomic E-state index is 0.0827. The highest BCUT2D eigenvalue weighted by Crippen LogP contribution is 2.16. The lowest BCUT2D eigenvalue weighted by atomic mass is 10.1. The molecule has 1 aliphatic rings. The summed E-state index contributed by atoms with van der Waals surface area (Å²) in [5.74, 6) is 0.122. The zero-order chi connectivity index (χ0) is 11.4. The highest BCUT2D eigenvalue weighted by molar-refractivity contribution is 14.1. The van der Waals surface area contributed by atoms with Gasteiger partial charge in [0.1, 0.15) is 6.04 Å². The third-order valence-corrected chi connectivity index (χ3v) is 3.37. The fourth-order valence-electron chi connectivity index (χ4n) is 1.86. The molecule has 2 N–H and O–H groups in total. The topological polar surface area (TPSA) is 41.1 Å². The van der Waals surface area contributed by atoms with Crippen molar-refractivity contribution in [2.75, 3.05) is 11.9 Å². The summed E-state index contributed by atoms with van der Waals surface area (Å²) in [5.41, 5.74) is 1.02. The molecule has 0 saturated carbocycles. The molecule has 1 atom stereocenters. The van der Waals surface area contributed by atoms with Gasteiger partial charge in [0.05, 0.1) is 0 Å². The molecule has 0 aromatic heterocycles. The average molecular weight is 330 g/mol. The molecule has 1 amide bonds. The van der Waals surface area contributed by atoms with Gasteiger partial charge < -0.3 is 10.6 Å². The van der Waals surface area contributed by atoms with Crippen molar-refractivity contribution < 1.29 is 4.79 Å². The quantitative estimate of drug-likeness (QED) is 0.818. The number of carbonyl (C=O) groups excluding carboxylic acids is 1. The first-order chi connectivity index (χ1) is 7.75. The van der Waals surface area contributed by atoms with Gasteiger partial charge in [0, 0.05) is 15.8 Å². The van der Waals surface area contributed by atoms with Crippen LogP contribution in [0.3, 0.4) is 0 Å². The summed E-state index contributed by atoms with van der Waals surface area (Å²) in [6, 6.07) is 8.01. The maximum atomic E-state index is 11.7. The van der Waals surface area contributed by atoms with Crippen LogP contribution in [-0.2, 0) is 4.79 Å². The number of hydrogen-bond acceptors (Lipinski definition) is 2. The summed E-state index contributed by atoms with van der Waals surface area (Å²) in [6.45, 7) is 0.809. The first-order valence-corrected chi connectivity index (χ1v) is 6.63. The van der Waals surface area contributed by atoms with Crippen molar-refractivity contribution in [3.8, 4) is 0 Å². The highest BCUT2D eigenvalue weighted by atomic mass is 127. The Morgan fingerprint density at radius 2 is 2.25 bits per heavy atom. The molecular weight excluding hydrogens is 315 g/mol. The molecule has 0 bridgehead atoms. The van der Waals surface area contributed by atoms with Crippen LogP contribution in [0.1, 0.15) is 19.3 Å². The molecule has 0 radical (unpaired) electrons. The Kier molecular flexibility index (Phi) is 4.04. The molecule has 1 fully saturated rings. The second-order valence-electron chi connectivity index (χ2n) is 3.99.